The van der Waals surface area contributed by atoms with Gasteiger partial charge < -0.3 is 8.92 Å². The fourth-order valence-corrected chi connectivity index (χ4v) is 3.30. The van der Waals surface area contributed by atoms with Crippen LogP contribution < -0.4 is 9.74 Å². The number of carbonyl (C=O) groups excluding carboxylic acids is 1. The molecule has 0 spiro atoms. The first-order chi connectivity index (χ1) is 13.8. The number of aromatic nitrogens is 2. The van der Waals surface area contributed by atoms with Gasteiger partial charge in [0.05, 0.1) is 18.4 Å². The van der Waals surface area contributed by atoms with Gasteiger partial charge in [0.15, 0.2) is 5.75 Å². The van der Waals surface area contributed by atoms with Crippen LogP contribution in [0.4, 0.5) is 4.39 Å². The Bertz CT molecular complexity index is 1190. The molecule has 0 N–H and O–H groups in total. The molecule has 0 bridgehead atoms. The number of esters is 1. The molecule has 3 rings (SSSR count). The molecule has 0 aliphatic carbocycles. The third kappa shape index (κ3) is 4.49. The molecule has 29 heavy (non-hydrogen) atoms. The minimum atomic E-state index is -4.46. The van der Waals surface area contributed by atoms with E-state index in [0.717, 1.165) is 35.0 Å². The third-order valence-corrected chi connectivity index (χ3v) is 4.92. The van der Waals surface area contributed by atoms with Gasteiger partial charge in [-0.05, 0) is 43.3 Å². The molecule has 0 saturated heterocycles. The summed E-state index contributed by atoms with van der Waals surface area (Å²) < 4.78 is 48.8. The van der Waals surface area contributed by atoms with Crippen molar-refractivity contribution in [3.05, 3.63) is 82.5 Å². The van der Waals surface area contributed by atoms with Crippen LogP contribution in [0.5, 0.6) is 5.75 Å². The van der Waals surface area contributed by atoms with Crippen molar-refractivity contribution in [1.29, 1.82) is 0 Å². The van der Waals surface area contributed by atoms with Crippen LogP contribution in [0.3, 0.4) is 0 Å². The number of rotatable bonds is 6. The molecule has 0 saturated carbocycles. The molecule has 0 atom stereocenters. The number of halogens is 1. The van der Waals surface area contributed by atoms with Gasteiger partial charge >= 0.3 is 16.1 Å². The van der Waals surface area contributed by atoms with E-state index in [4.69, 9.17) is 8.92 Å². The summed E-state index contributed by atoms with van der Waals surface area (Å²) in [6, 6.07) is 12.9. The van der Waals surface area contributed by atoms with Gasteiger partial charge in [0.25, 0.3) is 5.56 Å². The summed E-state index contributed by atoms with van der Waals surface area (Å²) in [4.78, 5) is 24.4. The van der Waals surface area contributed by atoms with Gasteiger partial charge in [0.1, 0.15) is 10.7 Å². The zero-order valence-electron chi connectivity index (χ0n) is 15.1. The maximum atomic E-state index is 13.1. The molecule has 8 nitrogen and oxygen atoms in total. The molecule has 1 heterocycles. The largest absolute Gasteiger partial charge is 0.461 e. The van der Waals surface area contributed by atoms with E-state index >= 15 is 0 Å². The molecule has 10 heteroatoms. The smallest absolute Gasteiger partial charge is 0.362 e. The Morgan fingerprint density at radius 2 is 1.76 bits per heavy atom. The Balaban J connectivity index is 2.10. The second-order valence-corrected chi connectivity index (χ2v) is 7.20. The van der Waals surface area contributed by atoms with Gasteiger partial charge in [-0.25, -0.2) is 9.18 Å². The third-order valence-electron chi connectivity index (χ3n) is 3.67. The first-order valence-corrected chi connectivity index (χ1v) is 9.79. The summed E-state index contributed by atoms with van der Waals surface area (Å²) in [5.41, 5.74) is -0.870. The van der Waals surface area contributed by atoms with Crippen molar-refractivity contribution in [2.75, 3.05) is 6.61 Å². The van der Waals surface area contributed by atoms with E-state index in [1.165, 1.54) is 0 Å². The van der Waals surface area contributed by atoms with Crippen LogP contribution in [0.1, 0.15) is 17.4 Å². The SMILES string of the molecule is CCOC(=O)c1nn(-c2ccccc2)c(=O)cc1OS(=O)(=O)c1ccc(F)cc1. The number of benzene rings is 2. The lowest BCUT2D eigenvalue weighted by Gasteiger charge is -2.12. The van der Waals surface area contributed by atoms with Gasteiger partial charge in [-0.2, -0.15) is 18.2 Å². The lowest BCUT2D eigenvalue weighted by molar-refractivity contribution is 0.0515. The number of carbonyl (C=O) groups is 1. The quantitative estimate of drug-likeness (QED) is 0.447. The highest BCUT2D eigenvalue weighted by atomic mass is 32.2. The summed E-state index contributed by atoms with van der Waals surface area (Å²) in [5, 5.41) is 3.93. The number of nitrogens with zero attached hydrogens (tertiary/aromatic N) is 2. The summed E-state index contributed by atoms with van der Waals surface area (Å²) in [7, 11) is -4.46. The Hall–Kier alpha value is -3.53. The van der Waals surface area contributed by atoms with E-state index in [-0.39, 0.29) is 11.5 Å². The summed E-state index contributed by atoms with van der Waals surface area (Å²) >= 11 is 0. The molecular weight excluding hydrogens is 403 g/mol. The standard InChI is InChI=1S/C19H15FN2O6S/c1-2-27-19(24)18-16(28-29(25,26)15-10-8-13(20)9-11-15)12-17(23)22(21-18)14-6-4-3-5-7-14/h3-12H,2H2,1H3. The van der Waals surface area contributed by atoms with Gasteiger partial charge in [-0.1, -0.05) is 18.2 Å². The molecule has 0 amide bonds. The van der Waals surface area contributed by atoms with Gasteiger partial charge in [-0.3, -0.25) is 4.79 Å². The topological polar surface area (TPSA) is 105 Å². The van der Waals surface area contributed by atoms with Crippen LogP contribution >= 0.6 is 0 Å². The Morgan fingerprint density at radius 1 is 1.10 bits per heavy atom. The molecular formula is C19H15FN2O6S. The van der Waals surface area contributed by atoms with E-state index in [1.54, 1.807) is 37.3 Å². The van der Waals surface area contributed by atoms with E-state index in [1.807, 2.05) is 0 Å². The number of ether oxygens (including phenoxy) is 1. The summed E-state index contributed by atoms with van der Waals surface area (Å²) in [6.45, 7) is 1.55. The molecule has 0 aliphatic heterocycles. The zero-order chi connectivity index (χ0) is 21.0. The number of hydrogen-bond acceptors (Lipinski definition) is 7. The van der Waals surface area contributed by atoms with Crippen molar-refractivity contribution in [3.63, 3.8) is 0 Å². The highest BCUT2D eigenvalue weighted by molar-refractivity contribution is 7.87. The molecule has 2 aromatic carbocycles. The minimum Gasteiger partial charge on any atom is -0.461 e. The van der Waals surface area contributed by atoms with Crippen LogP contribution in [0, 0.1) is 5.82 Å². The summed E-state index contributed by atoms with van der Waals surface area (Å²) in [6.07, 6.45) is 0. The minimum absolute atomic E-state index is 0.00483. The van der Waals surface area contributed by atoms with Crippen molar-refractivity contribution >= 4 is 16.1 Å². The second kappa shape index (κ2) is 8.23. The van der Waals surface area contributed by atoms with Crippen LogP contribution in [0.2, 0.25) is 0 Å². The molecule has 0 aliphatic rings. The predicted octanol–water partition coefficient (Wildman–Crippen LogP) is 2.32. The van der Waals surface area contributed by atoms with Crippen molar-refractivity contribution in [1.82, 2.24) is 9.78 Å². The van der Waals surface area contributed by atoms with Crippen LogP contribution in [0.25, 0.3) is 5.69 Å². The average Bonchev–Trinajstić information content (AvgIpc) is 2.69. The lowest BCUT2D eigenvalue weighted by atomic mass is 10.3. The Kier molecular flexibility index (Phi) is 5.74. The zero-order valence-corrected chi connectivity index (χ0v) is 15.9. The van der Waals surface area contributed by atoms with Crippen LogP contribution in [-0.4, -0.2) is 30.8 Å². The van der Waals surface area contributed by atoms with Crippen molar-refractivity contribution in [2.24, 2.45) is 0 Å². The molecule has 150 valence electrons. The molecule has 1 aromatic heterocycles. The van der Waals surface area contributed by atoms with Gasteiger partial charge in [-0.15, -0.1) is 0 Å². The highest BCUT2D eigenvalue weighted by Gasteiger charge is 2.25. The maximum Gasteiger partial charge on any atom is 0.362 e. The van der Waals surface area contributed by atoms with Gasteiger partial charge in [0.2, 0.25) is 5.69 Å². The first-order valence-electron chi connectivity index (χ1n) is 8.39. The second-order valence-electron chi connectivity index (χ2n) is 5.65. The van der Waals surface area contributed by atoms with Crippen molar-refractivity contribution < 1.29 is 26.5 Å². The fourth-order valence-electron chi connectivity index (χ4n) is 2.37. The predicted molar refractivity (Wildman–Crippen MR) is 100 cm³/mol. The molecule has 0 unspecified atom stereocenters. The van der Waals surface area contributed by atoms with Crippen LogP contribution in [-0.2, 0) is 14.9 Å². The van der Waals surface area contributed by atoms with E-state index < -0.39 is 38.9 Å². The Morgan fingerprint density at radius 3 is 2.38 bits per heavy atom. The van der Waals surface area contributed by atoms with Gasteiger partial charge in [0, 0.05) is 0 Å². The molecule has 0 fully saturated rings. The fraction of sp³-hybridized carbons (Fsp3) is 0.105. The normalized spacial score (nSPS) is 11.1. The molecule has 0 radical (unpaired) electrons. The van der Waals surface area contributed by atoms with E-state index in [0.29, 0.717) is 5.69 Å². The lowest BCUT2D eigenvalue weighted by Crippen LogP contribution is -2.26. The number of hydrogen-bond donors (Lipinski definition) is 0. The first kappa shape index (κ1) is 20.2. The van der Waals surface area contributed by atoms with Crippen molar-refractivity contribution in [2.45, 2.75) is 11.8 Å². The van der Waals surface area contributed by atoms with Crippen LogP contribution in [0.15, 0.2) is 70.4 Å². The number of para-hydroxylation sites is 1. The molecule has 3 aromatic rings. The average molecular weight is 418 g/mol. The van der Waals surface area contributed by atoms with Crippen molar-refractivity contribution in [3.8, 4) is 11.4 Å². The highest BCUT2D eigenvalue weighted by Crippen LogP contribution is 2.22. The van der Waals surface area contributed by atoms with E-state index in [9.17, 15) is 22.4 Å². The monoisotopic (exact) mass is 418 g/mol. The summed E-state index contributed by atoms with van der Waals surface area (Å²) in [5.74, 6) is -2.20. The Labute approximate surface area is 165 Å². The maximum absolute atomic E-state index is 13.1. The van der Waals surface area contributed by atoms with E-state index in [2.05, 4.69) is 5.10 Å².